The van der Waals surface area contributed by atoms with Crippen LogP contribution in [0.1, 0.15) is 0 Å². The zero-order valence-electron chi connectivity index (χ0n) is 15.2. The summed E-state index contributed by atoms with van der Waals surface area (Å²) in [5.41, 5.74) is 0. The van der Waals surface area contributed by atoms with E-state index in [1.807, 2.05) is 0 Å². The Kier molecular flexibility index (Phi) is 68.7. The summed E-state index contributed by atoms with van der Waals surface area (Å²) in [7, 11) is -32.3. The Morgan fingerprint density at radius 1 is 0.229 bits per heavy atom. The van der Waals surface area contributed by atoms with Gasteiger partial charge >= 0.3 is 125 Å². The summed E-state index contributed by atoms with van der Waals surface area (Å²) < 4.78 is 51.3. The summed E-state index contributed by atoms with van der Waals surface area (Å²) in [5.74, 6) is 0. The van der Waals surface area contributed by atoms with Gasteiger partial charge in [-0.15, -0.1) is 0 Å². The minimum atomic E-state index is -5.39. The second kappa shape index (κ2) is 33.3. The van der Waals surface area contributed by atoms with Crippen molar-refractivity contribution < 1.29 is 202 Å². The maximum atomic E-state index is 8.55. The van der Waals surface area contributed by atoms with E-state index in [1.165, 1.54) is 0 Å². The van der Waals surface area contributed by atoms with Crippen molar-refractivity contribution in [3.8, 4) is 0 Å². The molecule has 0 atom stereocenters. The van der Waals surface area contributed by atoms with Crippen LogP contribution in [0.3, 0.4) is 0 Å². The molecule has 0 saturated carbocycles. The summed E-state index contributed by atoms with van der Waals surface area (Å²) in [4.78, 5) is 154. The third-order valence-corrected chi connectivity index (χ3v) is 0. The summed E-state index contributed by atoms with van der Waals surface area (Å²) >= 11 is 0. The quantitative estimate of drug-likeness (QED) is 0.162. The molecule has 192 valence electrons. The van der Waals surface area contributed by atoms with Crippen LogP contribution in [0.15, 0.2) is 0 Å². The van der Waals surface area contributed by atoms with Gasteiger partial charge in [0.1, 0.15) is 0 Å². The normalized spacial score (nSPS) is 10.1. The molecule has 0 aliphatic rings. The minimum Gasteiger partial charge on any atom is -0.822 e. The molecule has 0 aliphatic carbocycles. The predicted molar refractivity (Wildman–Crippen MR) is 51.4 cm³/mol. The van der Waals surface area contributed by atoms with Gasteiger partial charge in [-0.1, -0.05) is 0 Å². The van der Waals surface area contributed by atoms with E-state index in [-0.39, 0.29) is 125 Å². The van der Waals surface area contributed by atoms with Crippen LogP contribution in [0.25, 0.3) is 0 Å². The first-order chi connectivity index (χ1) is 12.0. The first-order valence-electron chi connectivity index (χ1n) is 4.38. The largest absolute Gasteiger partial charge is 4.00 e. The Labute approximate surface area is 283 Å². The van der Waals surface area contributed by atoms with Crippen LogP contribution in [-0.4, -0.2) is 37.7 Å². The molecule has 0 radical (unpaired) electrons. The van der Waals surface area contributed by atoms with E-state index in [4.69, 9.17) is 115 Å². The third kappa shape index (κ3) is 2300. The van der Waals surface area contributed by atoms with Crippen molar-refractivity contribution in [2.24, 2.45) is 0 Å². The minimum absolute atomic E-state index is 0. The summed E-state index contributed by atoms with van der Waals surface area (Å²) in [6.07, 6.45) is 0. The fraction of sp³-hybridized carbons (Fsp3) is 0. The number of hydrogen-bond donors (Lipinski definition) is 0. The Morgan fingerprint density at radius 2 is 0.229 bits per heavy atom. The molecule has 0 unspecified atom stereocenters. The standard InChI is InChI=1S/Ca.6H3O4P.4Ti/c;6*1-5(2,3)4;;;;/h;6*(H3,1,2,3,4);;;;/q+2;;;;;;;4*+4/p-18. The SMILES string of the molecule is O=P([O-])([O-])[O-].O=P([O-])([O-])[O-].O=P([O-])([O-])[O-].O=P([O-])([O-])[O-].O=P([O-])([O-])[O-].O=P([O-])([O-])[O-].[Ca+2].[Ti+4].[Ti+4].[Ti+4].[Ti+4]. The van der Waals surface area contributed by atoms with Gasteiger partial charge in [0.25, 0.3) is 0 Å². The van der Waals surface area contributed by atoms with Crippen molar-refractivity contribution in [2.75, 3.05) is 0 Å². The average molecular weight is 801 g/mol. The molecule has 35 heteroatoms. The summed E-state index contributed by atoms with van der Waals surface area (Å²) in [5, 5.41) is 0. The van der Waals surface area contributed by atoms with Crippen LogP contribution in [0.5, 0.6) is 0 Å². The Morgan fingerprint density at radius 3 is 0.229 bits per heavy atom. The van der Waals surface area contributed by atoms with Crippen molar-refractivity contribution in [2.45, 2.75) is 0 Å². The van der Waals surface area contributed by atoms with Gasteiger partial charge in [-0.05, 0) is 0 Å². The van der Waals surface area contributed by atoms with E-state index in [0.29, 0.717) is 0 Å². The maximum absolute atomic E-state index is 8.55. The van der Waals surface area contributed by atoms with Gasteiger partial charge in [0, 0.05) is 0 Å². The van der Waals surface area contributed by atoms with E-state index in [0.717, 1.165) is 0 Å². The molecule has 35 heavy (non-hydrogen) atoms. The van der Waals surface area contributed by atoms with Crippen molar-refractivity contribution in [3.05, 3.63) is 0 Å². The smallest absolute Gasteiger partial charge is 0.822 e. The van der Waals surface area contributed by atoms with Gasteiger partial charge in [-0.2, -0.15) is 46.9 Å². The van der Waals surface area contributed by atoms with E-state index in [2.05, 4.69) is 0 Å². The van der Waals surface area contributed by atoms with Crippen molar-refractivity contribution >= 4 is 84.7 Å². The number of rotatable bonds is 0. The van der Waals surface area contributed by atoms with Gasteiger partial charge in [-0.3, -0.25) is 0 Å². The van der Waals surface area contributed by atoms with Crippen LogP contribution in [-0.2, 0) is 114 Å². The van der Waals surface area contributed by atoms with E-state index < -0.39 is 46.9 Å². The van der Waals surface area contributed by atoms with Gasteiger partial charge in [0.05, 0.1) is 0 Å². The Bertz CT molecular complexity index is 478. The molecule has 24 nitrogen and oxygen atoms in total. The van der Waals surface area contributed by atoms with Crippen LogP contribution < -0.4 is 88.1 Å². The summed E-state index contributed by atoms with van der Waals surface area (Å²) in [6.45, 7) is 0. The second-order valence-corrected chi connectivity index (χ2v) is 8.05. The first kappa shape index (κ1) is 72.2. The molecule has 0 heterocycles. The second-order valence-electron chi connectivity index (χ2n) is 2.68. The molecule has 0 aromatic rings. The molecule has 0 amide bonds. The monoisotopic (exact) mass is 801 g/mol. The summed E-state index contributed by atoms with van der Waals surface area (Å²) in [6, 6.07) is 0. The van der Waals surface area contributed by atoms with Gasteiger partial charge in [0.2, 0.25) is 0 Å². The van der Waals surface area contributed by atoms with Crippen molar-refractivity contribution in [3.63, 3.8) is 0 Å². The molecular weight excluding hydrogens is 801 g/mol. The molecule has 0 fully saturated rings. The molecule has 0 saturated heterocycles. The van der Waals surface area contributed by atoms with E-state index in [9.17, 15) is 0 Å². The molecule has 0 aromatic heterocycles. The molecular formula is CaO24P6Ti4. The van der Waals surface area contributed by atoms with Gasteiger partial charge in [0.15, 0.2) is 0 Å². The van der Waals surface area contributed by atoms with Crippen molar-refractivity contribution in [1.82, 2.24) is 0 Å². The van der Waals surface area contributed by atoms with Crippen LogP contribution in [0.4, 0.5) is 0 Å². The number of phosphoric acid groups is 6. The van der Waals surface area contributed by atoms with Crippen LogP contribution >= 0.6 is 46.9 Å². The fourth-order valence-corrected chi connectivity index (χ4v) is 0. The maximum Gasteiger partial charge on any atom is 4.00 e. The Hall–Kier alpha value is 4.78. The third-order valence-electron chi connectivity index (χ3n) is 0. The number of hydrogen-bond acceptors (Lipinski definition) is 24. The van der Waals surface area contributed by atoms with Crippen LogP contribution in [0, 0.1) is 0 Å². The zero-order valence-corrected chi connectivity index (χ0v) is 29.0. The van der Waals surface area contributed by atoms with E-state index >= 15 is 0 Å². The molecule has 0 bridgehead atoms. The van der Waals surface area contributed by atoms with Crippen LogP contribution in [0.2, 0.25) is 0 Å². The zero-order chi connectivity index (χ0) is 27.0. The topological polar surface area (TPSA) is 518 Å². The van der Waals surface area contributed by atoms with E-state index in [1.54, 1.807) is 0 Å². The molecule has 0 spiro atoms. The average Bonchev–Trinajstić information content (AvgIpc) is 1.94. The van der Waals surface area contributed by atoms with Gasteiger partial charge in [-0.25, -0.2) is 0 Å². The molecule has 0 rings (SSSR count). The molecule has 0 aromatic carbocycles. The predicted octanol–water partition coefficient (Wildman–Crippen LogP) is -17.3. The molecule has 0 N–H and O–H groups in total. The fourth-order valence-electron chi connectivity index (χ4n) is 0. The van der Waals surface area contributed by atoms with Crippen molar-refractivity contribution in [1.29, 1.82) is 0 Å². The van der Waals surface area contributed by atoms with Gasteiger partial charge < -0.3 is 115 Å². The Balaban J connectivity index is -0.0000000213. The first-order valence-corrected chi connectivity index (χ1v) is 13.1. The molecule has 0 aliphatic heterocycles.